The van der Waals surface area contributed by atoms with Crippen LogP contribution in [-0.2, 0) is 15.7 Å². The van der Waals surface area contributed by atoms with E-state index in [0.29, 0.717) is 12.8 Å². The summed E-state index contributed by atoms with van der Waals surface area (Å²) < 4.78 is 43.7. The first-order chi connectivity index (χ1) is 8.39. The van der Waals surface area contributed by atoms with Gasteiger partial charge in [0.25, 0.3) is 0 Å². The highest BCUT2D eigenvalue weighted by atomic mass is 19.4. The fraction of sp³-hybridized carbons (Fsp3) is 0.417. The molecule has 2 atom stereocenters. The van der Waals surface area contributed by atoms with Gasteiger partial charge in [-0.1, -0.05) is 18.2 Å². The van der Waals surface area contributed by atoms with Crippen molar-refractivity contribution in [2.24, 2.45) is 5.73 Å². The van der Waals surface area contributed by atoms with Gasteiger partial charge in [-0.2, -0.15) is 13.2 Å². The van der Waals surface area contributed by atoms with E-state index in [1.807, 2.05) is 0 Å². The lowest BCUT2D eigenvalue weighted by Gasteiger charge is -2.17. The number of carbonyl (C=O) groups is 1. The van der Waals surface area contributed by atoms with Crippen LogP contribution in [0.1, 0.15) is 30.1 Å². The summed E-state index contributed by atoms with van der Waals surface area (Å²) in [6, 6.07) is 5.23. The normalized spacial score (nSPS) is 24.2. The topological polar surface area (TPSA) is 52.3 Å². The quantitative estimate of drug-likeness (QED) is 0.886. The number of ether oxygens (including phenoxy) is 1. The SMILES string of the molecule is NC(=O)[C@@H]1CC[C@@H](c2ccccc2C(F)(F)F)O1. The molecule has 1 aliphatic rings. The van der Waals surface area contributed by atoms with Crippen molar-refractivity contribution in [2.45, 2.75) is 31.2 Å². The van der Waals surface area contributed by atoms with Crippen molar-refractivity contribution in [2.75, 3.05) is 0 Å². The number of primary amides is 1. The maximum Gasteiger partial charge on any atom is 0.416 e. The Labute approximate surface area is 102 Å². The van der Waals surface area contributed by atoms with Crippen LogP contribution in [0.25, 0.3) is 0 Å². The van der Waals surface area contributed by atoms with Gasteiger partial charge in [0.15, 0.2) is 0 Å². The van der Waals surface area contributed by atoms with Gasteiger partial charge < -0.3 is 10.5 Å². The van der Waals surface area contributed by atoms with E-state index >= 15 is 0 Å². The Morgan fingerprint density at radius 2 is 1.94 bits per heavy atom. The van der Waals surface area contributed by atoms with Crippen molar-refractivity contribution >= 4 is 5.91 Å². The number of hydrogen-bond acceptors (Lipinski definition) is 2. The monoisotopic (exact) mass is 259 g/mol. The second-order valence-corrected chi connectivity index (χ2v) is 4.18. The van der Waals surface area contributed by atoms with Gasteiger partial charge in [-0.15, -0.1) is 0 Å². The van der Waals surface area contributed by atoms with E-state index in [1.165, 1.54) is 18.2 Å². The average Bonchev–Trinajstić information content (AvgIpc) is 2.77. The van der Waals surface area contributed by atoms with E-state index < -0.39 is 29.9 Å². The Morgan fingerprint density at radius 1 is 1.28 bits per heavy atom. The molecular weight excluding hydrogens is 247 g/mol. The molecule has 0 bridgehead atoms. The molecule has 1 heterocycles. The van der Waals surface area contributed by atoms with Crippen molar-refractivity contribution < 1.29 is 22.7 Å². The Hall–Kier alpha value is -1.56. The van der Waals surface area contributed by atoms with E-state index in [4.69, 9.17) is 10.5 Å². The Balaban J connectivity index is 2.27. The fourth-order valence-electron chi connectivity index (χ4n) is 2.11. The first-order valence-electron chi connectivity index (χ1n) is 5.50. The van der Waals surface area contributed by atoms with E-state index in [-0.39, 0.29) is 5.56 Å². The highest BCUT2D eigenvalue weighted by Crippen LogP contribution is 2.40. The number of halogens is 3. The zero-order valence-electron chi connectivity index (χ0n) is 9.41. The summed E-state index contributed by atoms with van der Waals surface area (Å²) in [5.74, 6) is -0.637. The highest BCUT2D eigenvalue weighted by Gasteiger charge is 2.38. The molecule has 1 saturated heterocycles. The van der Waals surface area contributed by atoms with E-state index in [2.05, 4.69) is 0 Å². The fourth-order valence-corrected chi connectivity index (χ4v) is 2.11. The molecule has 0 radical (unpaired) electrons. The summed E-state index contributed by atoms with van der Waals surface area (Å²) >= 11 is 0. The molecule has 0 saturated carbocycles. The summed E-state index contributed by atoms with van der Waals surface area (Å²) in [6.45, 7) is 0. The van der Waals surface area contributed by atoms with E-state index in [1.54, 1.807) is 0 Å². The molecular formula is C12H12F3NO2. The van der Waals surface area contributed by atoms with Crippen LogP contribution in [-0.4, -0.2) is 12.0 Å². The minimum absolute atomic E-state index is 0.0637. The highest BCUT2D eigenvalue weighted by molar-refractivity contribution is 5.79. The van der Waals surface area contributed by atoms with Gasteiger partial charge in [0.1, 0.15) is 6.10 Å². The number of benzene rings is 1. The Morgan fingerprint density at radius 3 is 2.50 bits per heavy atom. The second-order valence-electron chi connectivity index (χ2n) is 4.18. The van der Waals surface area contributed by atoms with Crippen LogP contribution in [0.3, 0.4) is 0 Å². The molecule has 1 fully saturated rings. The van der Waals surface area contributed by atoms with Gasteiger partial charge in [0.05, 0.1) is 11.7 Å². The van der Waals surface area contributed by atoms with E-state index in [0.717, 1.165) is 6.07 Å². The van der Waals surface area contributed by atoms with Gasteiger partial charge in [0.2, 0.25) is 5.91 Å². The number of carbonyl (C=O) groups excluding carboxylic acids is 1. The molecule has 0 unspecified atom stereocenters. The minimum atomic E-state index is -4.43. The predicted octanol–water partition coefficient (Wildman–Crippen LogP) is 2.41. The third kappa shape index (κ3) is 2.48. The molecule has 1 amide bonds. The van der Waals surface area contributed by atoms with Crippen molar-refractivity contribution in [3.05, 3.63) is 35.4 Å². The molecule has 2 N–H and O–H groups in total. The van der Waals surface area contributed by atoms with Crippen LogP contribution in [0.15, 0.2) is 24.3 Å². The third-order valence-electron chi connectivity index (χ3n) is 2.95. The molecule has 3 nitrogen and oxygen atoms in total. The van der Waals surface area contributed by atoms with Crippen LogP contribution < -0.4 is 5.73 Å². The van der Waals surface area contributed by atoms with Crippen LogP contribution in [0.4, 0.5) is 13.2 Å². The molecule has 1 aliphatic heterocycles. The van der Waals surface area contributed by atoms with Crippen LogP contribution in [0, 0.1) is 0 Å². The number of amides is 1. The smallest absolute Gasteiger partial charge is 0.367 e. The molecule has 0 aliphatic carbocycles. The lowest BCUT2D eigenvalue weighted by Crippen LogP contribution is -2.27. The molecule has 1 aromatic rings. The Kier molecular flexibility index (Phi) is 3.30. The molecule has 1 aromatic carbocycles. The van der Waals surface area contributed by atoms with Crippen molar-refractivity contribution in [1.82, 2.24) is 0 Å². The number of hydrogen-bond donors (Lipinski definition) is 1. The number of alkyl halides is 3. The van der Waals surface area contributed by atoms with Crippen molar-refractivity contribution in [3.8, 4) is 0 Å². The van der Waals surface area contributed by atoms with E-state index in [9.17, 15) is 18.0 Å². The summed E-state index contributed by atoms with van der Waals surface area (Å²) in [5.41, 5.74) is 4.42. The third-order valence-corrected chi connectivity index (χ3v) is 2.95. The summed E-state index contributed by atoms with van der Waals surface area (Å²) in [7, 11) is 0. The Bertz CT molecular complexity index is 459. The van der Waals surface area contributed by atoms with Crippen LogP contribution >= 0.6 is 0 Å². The largest absolute Gasteiger partial charge is 0.416 e. The van der Waals surface area contributed by atoms with Gasteiger partial charge in [0, 0.05) is 0 Å². The van der Waals surface area contributed by atoms with Crippen LogP contribution in [0.2, 0.25) is 0 Å². The maximum absolute atomic E-state index is 12.8. The van der Waals surface area contributed by atoms with Gasteiger partial charge in [-0.05, 0) is 24.5 Å². The minimum Gasteiger partial charge on any atom is -0.367 e. The number of nitrogens with two attached hydrogens (primary N) is 1. The molecule has 0 aromatic heterocycles. The second kappa shape index (κ2) is 4.61. The lowest BCUT2D eigenvalue weighted by molar-refractivity contribution is -0.139. The van der Waals surface area contributed by atoms with Gasteiger partial charge in [-0.25, -0.2) is 0 Å². The first-order valence-corrected chi connectivity index (χ1v) is 5.50. The molecule has 98 valence electrons. The molecule has 2 rings (SSSR count). The zero-order chi connectivity index (χ0) is 13.3. The van der Waals surface area contributed by atoms with Crippen molar-refractivity contribution in [1.29, 1.82) is 0 Å². The lowest BCUT2D eigenvalue weighted by atomic mass is 10.00. The summed E-state index contributed by atoms with van der Waals surface area (Å²) in [5, 5.41) is 0. The molecule has 18 heavy (non-hydrogen) atoms. The van der Waals surface area contributed by atoms with Gasteiger partial charge >= 0.3 is 6.18 Å². The standard InChI is InChI=1S/C12H12F3NO2/c13-12(14,15)8-4-2-1-3-7(8)9-5-6-10(18-9)11(16)17/h1-4,9-10H,5-6H2,(H2,16,17)/t9-,10-/m0/s1. The number of rotatable bonds is 2. The summed E-state index contributed by atoms with van der Waals surface area (Å²) in [6.07, 6.45) is -5.23. The zero-order valence-corrected chi connectivity index (χ0v) is 9.41. The molecule has 6 heteroatoms. The van der Waals surface area contributed by atoms with Gasteiger partial charge in [-0.3, -0.25) is 4.79 Å². The summed E-state index contributed by atoms with van der Waals surface area (Å²) in [4.78, 5) is 10.9. The maximum atomic E-state index is 12.8. The van der Waals surface area contributed by atoms with Crippen molar-refractivity contribution in [3.63, 3.8) is 0 Å². The average molecular weight is 259 g/mol. The van der Waals surface area contributed by atoms with Crippen LogP contribution in [0.5, 0.6) is 0 Å². The molecule has 0 spiro atoms. The predicted molar refractivity (Wildman–Crippen MR) is 57.5 cm³/mol. The first kappa shape index (κ1) is 12.9.